The van der Waals surface area contributed by atoms with Crippen LogP contribution in [0.25, 0.3) is 0 Å². The summed E-state index contributed by atoms with van der Waals surface area (Å²) in [4.78, 5) is 12.0. The Morgan fingerprint density at radius 2 is 1.76 bits per heavy atom. The van der Waals surface area contributed by atoms with Crippen LogP contribution in [-0.4, -0.2) is 37.7 Å². The molecule has 1 unspecified atom stereocenters. The van der Waals surface area contributed by atoms with Gasteiger partial charge in [0, 0.05) is 18.7 Å². The normalized spacial score (nSPS) is 34.3. The van der Waals surface area contributed by atoms with Gasteiger partial charge in [-0.3, -0.25) is 4.79 Å². The van der Waals surface area contributed by atoms with Crippen LogP contribution in [0.1, 0.15) is 44.9 Å². The lowest BCUT2D eigenvalue weighted by Gasteiger charge is -2.30. The number of carbonyl (C=O) groups is 1. The summed E-state index contributed by atoms with van der Waals surface area (Å²) < 4.78 is 5.50. The lowest BCUT2D eigenvalue weighted by Crippen LogP contribution is -2.46. The van der Waals surface area contributed by atoms with Crippen molar-refractivity contribution in [1.29, 1.82) is 0 Å². The molecule has 1 aliphatic carbocycles. The first kappa shape index (κ1) is 12.8. The van der Waals surface area contributed by atoms with Crippen LogP contribution in [0, 0.1) is 0 Å². The Kier molecular flexibility index (Phi) is 4.80. The first-order valence-corrected chi connectivity index (χ1v) is 6.89. The maximum atomic E-state index is 12.0. The van der Waals surface area contributed by atoms with Gasteiger partial charge >= 0.3 is 0 Å². The Balaban J connectivity index is 1.71. The predicted molar refractivity (Wildman–Crippen MR) is 66.8 cm³/mol. The SMILES string of the molecule is CNC1CCC(NC(=O)C2CCCCO2)CC1. The van der Waals surface area contributed by atoms with Gasteiger partial charge in [0.25, 0.3) is 0 Å². The van der Waals surface area contributed by atoms with Gasteiger partial charge in [0.15, 0.2) is 0 Å². The molecule has 0 aromatic carbocycles. The van der Waals surface area contributed by atoms with Crippen LogP contribution in [0.15, 0.2) is 0 Å². The molecule has 17 heavy (non-hydrogen) atoms. The van der Waals surface area contributed by atoms with E-state index in [4.69, 9.17) is 4.74 Å². The average Bonchev–Trinajstić information content (AvgIpc) is 2.40. The zero-order valence-electron chi connectivity index (χ0n) is 10.7. The summed E-state index contributed by atoms with van der Waals surface area (Å²) >= 11 is 0. The number of nitrogens with one attached hydrogen (secondary N) is 2. The van der Waals surface area contributed by atoms with Crippen LogP contribution in [0.3, 0.4) is 0 Å². The van der Waals surface area contributed by atoms with Gasteiger partial charge < -0.3 is 15.4 Å². The summed E-state index contributed by atoms with van der Waals surface area (Å²) in [7, 11) is 2.01. The Morgan fingerprint density at radius 1 is 1.06 bits per heavy atom. The number of rotatable bonds is 3. The highest BCUT2D eigenvalue weighted by molar-refractivity contribution is 5.81. The molecule has 2 rings (SSSR count). The molecule has 2 N–H and O–H groups in total. The van der Waals surface area contributed by atoms with Crippen molar-refractivity contribution < 1.29 is 9.53 Å². The van der Waals surface area contributed by atoms with Crippen LogP contribution < -0.4 is 10.6 Å². The van der Waals surface area contributed by atoms with Crippen LogP contribution in [0.5, 0.6) is 0 Å². The zero-order valence-corrected chi connectivity index (χ0v) is 10.7. The van der Waals surface area contributed by atoms with Gasteiger partial charge in [-0.05, 0) is 52.0 Å². The van der Waals surface area contributed by atoms with E-state index in [0.29, 0.717) is 12.1 Å². The van der Waals surface area contributed by atoms with E-state index in [2.05, 4.69) is 10.6 Å². The molecule has 4 heteroatoms. The van der Waals surface area contributed by atoms with E-state index >= 15 is 0 Å². The van der Waals surface area contributed by atoms with Crippen molar-refractivity contribution in [3.63, 3.8) is 0 Å². The van der Waals surface area contributed by atoms with E-state index in [1.807, 2.05) is 7.05 Å². The van der Waals surface area contributed by atoms with Gasteiger partial charge in [0.1, 0.15) is 6.10 Å². The van der Waals surface area contributed by atoms with E-state index in [0.717, 1.165) is 51.6 Å². The lowest BCUT2D eigenvalue weighted by molar-refractivity contribution is -0.136. The molecule has 0 spiro atoms. The Morgan fingerprint density at radius 3 is 2.35 bits per heavy atom. The van der Waals surface area contributed by atoms with E-state index in [1.165, 1.54) is 0 Å². The highest BCUT2D eigenvalue weighted by atomic mass is 16.5. The summed E-state index contributed by atoms with van der Waals surface area (Å²) in [5.74, 6) is 0.109. The Labute approximate surface area is 103 Å². The van der Waals surface area contributed by atoms with E-state index < -0.39 is 0 Å². The first-order chi connectivity index (χ1) is 8.29. The fourth-order valence-electron chi connectivity index (χ4n) is 2.77. The van der Waals surface area contributed by atoms with Crippen molar-refractivity contribution >= 4 is 5.91 Å². The van der Waals surface area contributed by atoms with Gasteiger partial charge in [-0.15, -0.1) is 0 Å². The van der Waals surface area contributed by atoms with Crippen molar-refractivity contribution in [2.75, 3.05) is 13.7 Å². The molecule has 1 atom stereocenters. The van der Waals surface area contributed by atoms with Crippen molar-refractivity contribution in [1.82, 2.24) is 10.6 Å². The summed E-state index contributed by atoms with van der Waals surface area (Å²) in [5.41, 5.74) is 0. The molecule has 0 aromatic heterocycles. The topological polar surface area (TPSA) is 50.4 Å². The number of amides is 1. The average molecular weight is 240 g/mol. The van der Waals surface area contributed by atoms with Gasteiger partial charge in [-0.25, -0.2) is 0 Å². The minimum Gasteiger partial charge on any atom is -0.368 e. The van der Waals surface area contributed by atoms with Crippen LogP contribution in [0.4, 0.5) is 0 Å². The molecular weight excluding hydrogens is 216 g/mol. The molecule has 1 amide bonds. The third kappa shape index (κ3) is 3.68. The second-order valence-corrected chi connectivity index (χ2v) is 5.20. The van der Waals surface area contributed by atoms with Crippen molar-refractivity contribution in [2.24, 2.45) is 0 Å². The number of carbonyl (C=O) groups excluding carboxylic acids is 1. The van der Waals surface area contributed by atoms with Gasteiger partial charge in [0.2, 0.25) is 5.91 Å². The molecule has 2 fully saturated rings. The number of ether oxygens (including phenoxy) is 1. The fraction of sp³-hybridized carbons (Fsp3) is 0.923. The minimum atomic E-state index is -0.189. The van der Waals surface area contributed by atoms with Crippen molar-refractivity contribution in [3.8, 4) is 0 Å². The summed E-state index contributed by atoms with van der Waals surface area (Å²) in [6.45, 7) is 0.741. The highest BCUT2D eigenvalue weighted by Crippen LogP contribution is 2.19. The molecule has 0 bridgehead atoms. The molecule has 2 aliphatic rings. The first-order valence-electron chi connectivity index (χ1n) is 6.89. The molecule has 1 saturated carbocycles. The van der Waals surface area contributed by atoms with E-state index in [-0.39, 0.29) is 12.0 Å². The summed E-state index contributed by atoms with van der Waals surface area (Å²) in [5, 5.41) is 6.45. The summed E-state index contributed by atoms with van der Waals surface area (Å²) in [6.07, 6.45) is 7.40. The molecule has 0 radical (unpaired) electrons. The van der Waals surface area contributed by atoms with E-state index in [1.54, 1.807) is 0 Å². The second kappa shape index (κ2) is 6.36. The number of hydrogen-bond acceptors (Lipinski definition) is 3. The molecule has 1 saturated heterocycles. The quantitative estimate of drug-likeness (QED) is 0.779. The lowest BCUT2D eigenvalue weighted by atomic mass is 9.91. The monoisotopic (exact) mass is 240 g/mol. The molecule has 4 nitrogen and oxygen atoms in total. The maximum Gasteiger partial charge on any atom is 0.249 e. The third-order valence-corrected chi connectivity index (χ3v) is 3.95. The second-order valence-electron chi connectivity index (χ2n) is 5.20. The molecule has 0 aromatic rings. The van der Waals surface area contributed by atoms with Gasteiger partial charge in [-0.2, -0.15) is 0 Å². The Hall–Kier alpha value is -0.610. The fourth-order valence-corrected chi connectivity index (χ4v) is 2.77. The standard InChI is InChI=1S/C13H24N2O2/c1-14-10-5-7-11(8-6-10)15-13(16)12-4-2-3-9-17-12/h10-12,14H,2-9H2,1H3,(H,15,16). The van der Waals surface area contributed by atoms with Gasteiger partial charge in [-0.1, -0.05) is 0 Å². The van der Waals surface area contributed by atoms with Crippen LogP contribution in [-0.2, 0) is 9.53 Å². The van der Waals surface area contributed by atoms with Crippen LogP contribution in [0.2, 0.25) is 0 Å². The zero-order chi connectivity index (χ0) is 12.1. The van der Waals surface area contributed by atoms with E-state index in [9.17, 15) is 4.79 Å². The maximum absolute atomic E-state index is 12.0. The van der Waals surface area contributed by atoms with Gasteiger partial charge in [0.05, 0.1) is 0 Å². The summed E-state index contributed by atoms with van der Waals surface area (Å²) in [6, 6.07) is 0.992. The highest BCUT2D eigenvalue weighted by Gasteiger charge is 2.26. The number of hydrogen-bond donors (Lipinski definition) is 2. The third-order valence-electron chi connectivity index (χ3n) is 3.95. The largest absolute Gasteiger partial charge is 0.368 e. The smallest absolute Gasteiger partial charge is 0.249 e. The molecule has 1 aliphatic heterocycles. The molecule has 98 valence electrons. The predicted octanol–water partition coefficient (Wildman–Crippen LogP) is 1.20. The molecule has 1 heterocycles. The van der Waals surface area contributed by atoms with Crippen LogP contribution >= 0.6 is 0 Å². The van der Waals surface area contributed by atoms with Crippen molar-refractivity contribution in [2.45, 2.75) is 63.1 Å². The molecular formula is C13H24N2O2. The van der Waals surface area contributed by atoms with Crippen molar-refractivity contribution in [3.05, 3.63) is 0 Å². The Bertz CT molecular complexity index is 244. The minimum absolute atomic E-state index is 0.109.